The van der Waals surface area contributed by atoms with Crippen LogP contribution in [0.5, 0.6) is 0 Å². The number of fused-ring (bicyclic) bond motifs is 1. The van der Waals surface area contributed by atoms with Gasteiger partial charge in [-0.2, -0.15) is 0 Å². The summed E-state index contributed by atoms with van der Waals surface area (Å²) in [5.41, 5.74) is 3.21. The van der Waals surface area contributed by atoms with Crippen LogP contribution < -0.4 is 5.32 Å². The van der Waals surface area contributed by atoms with Crippen LogP contribution in [-0.2, 0) is 12.8 Å². The minimum atomic E-state index is 0.765. The fourth-order valence-corrected chi connectivity index (χ4v) is 3.55. The molecule has 0 heterocycles. The molecule has 1 nitrogen and oxygen atoms in total. The zero-order chi connectivity index (χ0) is 13.1. The normalized spacial score (nSPS) is 23.9. The van der Waals surface area contributed by atoms with Crippen molar-refractivity contribution in [3.8, 4) is 0 Å². The Morgan fingerprint density at radius 2 is 1.95 bits per heavy atom. The van der Waals surface area contributed by atoms with Gasteiger partial charge in [-0.15, -0.1) is 0 Å². The molecule has 1 N–H and O–H groups in total. The molecule has 0 bridgehead atoms. The van der Waals surface area contributed by atoms with Gasteiger partial charge in [0.2, 0.25) is 0 Å². The van der Waals surface area contributed by atoms with Gasteiger partial charge in [0.05, 0.1) is 0 Å². The molecule has 2 aliphatic carbocycles. The van der Waals surface area contributed by atoms with Crippen molar-refractivity contribution in [3.05, 3.63) is 35.4 Å². The fraction of sp³-hybridized carbons (Fsp3) is 0.667. The summed E-state index contributed by atoms with van der Waals surface area (Å²) in [6, 6.07) is 9.82. The van der Waals surface area contributed by atoms with Crippen LogP contribution in [0.4, 0.5) is 0 Å². The highest BCUT2D eigenvalue weighted by atomic mass is 14.9. The standard InChI is InChI=1S/C18H27N/c1-2-11-19-18(12-14-7-8-14)17-10-9-15-5-3-4-6-16(15)13-17/h3-6,14,17-19H,2,7-13H2,1H3. The van der Waals surface area contributed by atoms with E-state index in [-0.39, 0.29) is 0 Å². The van der Waals surface area contributed by atoms with Crippen molar-refractivity contribution in [2.75, 3.05) is 6.54 Å². The second kappa shape index (κ2) is 6.09. The average molecular weight is 257 g/mol. The van der Waals surface area contributed by atoms with E-state index in [1.165, 1.54) is 51.5 Å². The molecule has 3 rings (SSSR count). The average Bonchev–Trinajstić information content (AvgIpc) is 3.27. The molecule has 19 heavy (non-hydrogen) atoms. The first-order valence-corrected chi connectivity index (χ1v) is 8.17. The number of hydrogen-bond donors (Lipinski definition) is 1. The Morgan fingerprint density at radius 3 is 2.68 bits per heavy atom. The topological polar surface area (TPSA) is 12.0 Å². The third-order valence-electron chi connectivity index (χ3n) is 4.89. The van der Waals surface area contributed by atoms with E-state index in [2.05, 4.69) is 36.5 Å². The zero-order valence-corrected chi connectivity index (χ0v) is 12.2. The predicted octanol–water partition coefficient (Wildman–Crippen LogP) is 3.96. The molecule has 2 aliphatic rings. The summed E-state index contributed by atoms with van der Waals surface area (Å²) in [4.78, 5) is 0. The van der Waals surface area contributed by atoms with Crippen LogP contribution in [-0.4, -0.2) is 12.6 Å². The van der Waals surface area contributed by atoms with Gasteiger partial charge in [0.25, 0.3) is 0 Å². The quantitative estimate of drug-likeness (QED) is 0.813. The number of aryl methyl sites for hydroxylation is 1. The summed E-state index contributed by atoms with van der Waals surface area (Å²) in [6.07, 6.45) is 9.60. The van der Waals surface area contributed by atoms with E-state index in [1.54, 1.807) is 11.1 Å². The lowest BCUT2D eigenvalue weighted by Crippen LogP contribution is -2.39. The van der Waals surface area contributed by atoms with Gasteiger partial charge in [-0.3, -0.25) is 0 Å². The van der Waals surface area contributed by atoms with E-state index in [9.17, 15) is 0 Å². The van der Waals surface area contributed by atoms with Gasteiger partial charge < -0.3 is 5.32 Å². The second-order valence-corrected chi connectivity index (χ2v) is 6.51. The third-order valence-corrected chi connectivity index (χ3v) is 4.89. The minimum Gasteiger partial charge on any atom is -0.314 e. The largest absolute Gasteiger partial charge is 0.314 e. The SMILES string of the molecule is CCCNC(CC1CC1)C1CCc2ccccc2C1. The van der Waals surface area contributed by atoms with E-state index in [1.807, 2.05) is 0 Å². The number of nitrogens with one attached hydrogen (secondary N) is 1. The molecule has 0 aliphatic heterocycles. The molecule has 1 aromatic carbocycles. The van der Waals surface area contributed by atoms with Crippen LogP contribution in [0.3, 0.4) is 0 Å². The molecule has 1 aromatic rings. The summed E-state index contributed by atoms with van der Waals surface area (Å²) in [5, 5.41) is 3.84. The van der Waals surface area contributed by atoms with E-state index in [4.69, 9.17) is 0 Å². The molecule has 0 aromatic heterocycles. The van der Waals surface area contributed by atoms with Crippen molar-refractivity contribution in [2.45, 2.75) is 57.9 Å². The van der Waals surface area contributed by atoms with Crippen LogP contribution >= 0.6 is 0 Å². The van der Waals surface area contributed by atoms with Crippen molar-refractivity contribution >= 4 is 0 Å². The maximum atomic E-state index is 3.84. The van der Waals surface area contributed by atoms with E-state index >= 15 is 0 Å². The van der Waals surface area contributed by atoms with E-state index < -0.39 is 0 Å². The highest BCUT2D eigenvalue weighted by Gasteiger charge is 2.31. The maximum Gasteiger partial charge on any atom is 0.0101 e. The van der Waals surface area contributed by atoms with Crippen molar-refractivity contribution in [2.24, 2.45) is 11.8 Å². The first-order chi connectivity index (χ1) is 9.36. The Hall–Kier alpha value is -0.820. The van der Waals surface area contributed by atoms with Gasteiger partial charge in [0.1, 0.15) is 0 Å². The van der Waals surface area contributed by atoms with Gasteiger partial charge in [0, 0.05) is 6.04 Å². The Kier molecular flexibility index (Phi) is 4.22. The van der Waals surface area contributed by atoms with Gasteiger partial charge in [0.15, 0.2) is 0 Å². The lowest BCUT2D eigenvalue weighted by molar-refractivity contribution is 0.295. The highest BCUT2D eigenvalue weighted by molar-refractivity contribution is 5.30. The fourth-order valence-electron chi connectivity index (χ4n) is 3.55. The summed E-state index contributed by atoms with van der Waals surface area (Å²) >= 11 is 0. The molecular formula is C18H27N. The Morgan fingerprint density at radius 1 is 1.16 bits per heavy atom. The van der Waals surface area contributed by atoms with E-state index in [0.717, 1.165) is 17.9 Å². The van der Waals surface area contributed by atoms with Gasteiger partial charge in [-0.1, -0.05) is 44.0 Å². The summed E-state index contributed by atoms with van der Waals surface area (Å²) in [5.74, 6) is 1.90. The molecule has 104 valence electrons. The maximum absolute atomic E-state index is 3.84. The van der Waals surface area contributed by atoms with Crippen LogP contribution in [0.25, 0.3) is 0 Å². The van der Waals surface area contributed by atoms with Gasteiger partial charge in [-0.25, -0.2) is 0 Å². The lowest BCUT2D eigenvalue weighted by atomic mass is 9.78. The smallest absolute Gasteiger partial charge is 0.0101 e. The molecule has 0 saturated heterocycles. The predicted molar refractivity (Wildman–Crippen MR) is 81.4 cm³/mol. The summed E-state index contributed by atoms with van der Waals surface area (Å²) < 4.78 is 0. The molecule has 0 spiro atoms. The van der Waals surface area contributed by atoms with Gasteiger partial charge >= 0.3 is 0 Å². The highest BCUT2D eigenvalue weighted by Crippen LogP contribution is 2.37. The molecule has 0 radical (unpaired) electrons. The van der Waals surface area contributed by atoms with Crippen LogP contribution in [0, 0.1) is 11.8 Å². The van der Waals surface area contributed by atoms with Crippen LogP contribution in [0.2, 0.25) is 0 Å². The van der Waals surface area contributed by atoms with E-state index in [0.29, 0.717) is 0 Å². The molecule has 1 fully saturated rings. The first kappa shape index (κ1) is 13.2. The Bertz CT molecular complexity index is 408. The summed E-state index contributed by atoms with van der Waals surface area (Å²) in [6.45, 7) is 3.47. The lowest BCUT2D eigenvalue weighted by Gasteiger charge is -2.32. The molecule has 2 unspecified atom stereocenters. The van der Waals surface area contributed by atoms with Crippen molar-refractivity contribution < 1.29 is 0 Å². The Balaban J connectivity index is 1.65. The number of hydrogen-bond acceptors (Lipinski definition) is 1. The Labute approximate surface area is 117 Å². The second-order valence-electron chi connectivity index (χ2n) is 6.51. The molecular weight excluding hydrogens is 230 g/mol. The molecule has 2 atom stereocenters. The molecule has 1 heteroatoms. The number of rotatable bonds is 6. The van der Waals surface area contributed by atoms with Crippen LogP contribution in [0.15, 0.2) is 24.3 Å². The van der Waals surface area contributed by atoms with Crippen molar-refractivity contribution in [1.29, 1.82) is 0 Å². The third kappa shape index (κ3) is 3.39. The monoisotopic (exact) mass is 257 g/mol. The zero-order valence-electron chi connectivity index (χ0n) is 12.2. The number of benzene rings is 1. The first-order valence-electron chi connectivity index (χ1n) is 8.17. The molecule has 0 amide bonds. The molecule has 1 saturated carbocycles. The summed E-state index contributed by atoms with van der Waals surface area (Å²) in [7, 11) is 0. The van der Waals surface area contributed by atoms with Crippen LogP contribution in [0.1, 0.15) is 50.2 Å². The minimum absolute atomic E-state index is 0.765. The van der Waals surface area contributed by atoms with Gasteiger partial charge in [-0.05, 0) is 61.6 Å². The van der Waals surface area contributed by atoms with Crippen molar-refractivity contribution in [3.63, 3.8) is 0 Å². The van der Waals surface area contributed by atoms with Crippen molar-refractivity contribution in [1.82, 2.24) is 5.32 Å².